The van der Waals surface area contributed by atoms with Gasteiger partial charge in [-0.15, -0.1) is 0 Å². The van der Waals surface area contributed by atoms with Crippen LogP contribution in [0.2, 0.25) is 0 Å². The maximum absolute atomic E-state index is 9.30. The monoisotopic (exact) mass is 208 g/mol. The average Bonchev–Trinajstić information content (AvgIpc) is 2.28. The first kappa shape index (κ1) is 11.7. The van der Waals surface area contributed by atoms with E-state index in [0.29, 0.717) is 13.0 Å². The van der Waals surface area contributed by atoms with Crippen LogP contribution in [0, 0.1) is 0 Å². The first-order valence-electron chi connectivity index (χ1n) is 4.97. The summed E-state index contributed by atoms with van der Waals surface area (Å²) in [5.74, 6) is 0.734. The van der Waals surface area contributed by atoms with Gasteiger partial charge in [0.05, 0.1) is 11.8 Å². The normalized spacial score (nSPS) is 13.0. The summed E-state index contributed by atoms with van der Waals surface area (Å²) in [5.41, 5.74) is 0.792. The van der Waals surface area contributed by atoms with Crippen LogP contribution >= 0.6 is 0 Å². The molecule has 1 aromatic rings. The highest BCUT2D eigenvalue weighted by Crippen LogP contribution is 2.18. The zero-order chi connectivity index (χ0) is 11.1. The number of nitrogens with zero attached hydrogens (tertiary/aromatic N) is 2. The van der Waals surface area contributed by atoms with E-state index in [9.17, 15) is 5.11 Å². The van der Waals surface area contributed by atoms with Crippen molar-refractivity contribution in [2.45, 2.75) is 19.4 Å². The Kier molecular flexibility index (Phi) is 4.77. The van der Waals surface area contributed by atoms with E-state index in [4.69, 9.17) is 4.74 Å². The van der Waals surface area contributed by atoms with Crippen LogP contribution < -0.4 is 4.74 Å². The van der Waals surface area contributed by atoms with Gasteiger partial charge in [0.2, 0.25) is 0 Å². The summed E-state index contributed by atoms with van der Waals surface area (Å²) in [4.78, 5) is 0. The van der Waals surface area contributed by atoms with Gasteiger partial charge in [-0.3, -0.25) is 0 Å². The molecule has 15 heavy (non-hydrogen) atoms. The predicted octanol–water partition coefficient (Wildman–Crippen LogP) is 2.55. The van der Waals surface area contributed by atoms with Crippen LogP contribution in [-0.4, -0.2) is 24.9 Å². The molecule has 1 atom stereocenters. The number of hydrogen-bond acceptors (Lipinski definition) is 4. The first-order chi connectivity index (χ1) is 7.26. The molecule has 0 aliphatic carbocycles. The molecule has 0 bridgehead atoms. The van der Waals surface area contributed by atoms with Crippen LogP contribution in [-0.2, 0) is 0 Å². The van der Waals surface area contributed by atoms with E-state index in [0.717, 1.165) is 11.4 Å². The second-order valence-corrected chi connectivity index (χ2v) is 3.17. The minimum Gasteiger partial charge on any atom is -0.491 e. The minimum atomic E-state index is -0.403. The second kappa shape index (κ2) is 6.14. The van der Waals surface area contributed by atoms with Crippen molar-refractivity contribution in [3.8, 4) is 5.75 Å². The molecule has 0 aliphatic heterocycles. The molecule has 1 N–H and O–H groups in total. The molecule has 4 nitrogen and oxygen atoms in total. The van der Waals surface area contributed by atoms with Gasteiger partial charge in [-0.1, -0.05) is 6.92 Å². The van der Waals surface area contributed by atoms with Crippen molar-refractivity contribution in [3.63, 3.8) is 0 Å². The molecule has 0 saturated heterocycles. The molecular weight excluding hydrogens is 192 g/mol. The van der Waals surface area contributed by atoms with Crippen LogP contribution in [0.4, 0.5) is 5.69 Å². The van der Waals surface area contributed by atoms with Crippen LogP contribution in [0.1, 0.15) is 13.3 Å². The minimum absolute atomic E-state index is 0.325. The van der Waals surface area contributed by atoms with E-state index in [1.807, 2.05) is 31.2 Å². The highest BCUT2D eigenvalue weighted by atomic mass is 16.5. The standard InChI is InChI=1S/C11H16N2O2/c1-3-10(14)8-15-11-6-4-9(5-7-11)13-12-2/h4-7,10,14H,3,8H2,1-2H3. The van der Waals surface area contributed by atoms with E-state index in [1.165, 1.54) is 0 Å². The fourth-order valence-electron chi connectivity index (χ4n) is 1.03. The number of aliphatic hydroxyl groups is 1. The quantitative estimate of drug-likeness (QED) is 0.756. The Morgan fingerprint density at radius 3 is 2.53 bits per heavy atom. The fourth-order valence-corrected chi connectivity index (χ4v) is 1.03. The molecule has 0 aliphatic rings. The van der Waals surface area contributed by atoms with Crippen molar-refractivity contribution in [1.82, 2.24) is 0 Å². The topological polar surface area (TPSA) is 54.2 Å². The van der Waals surface area contributed by atoms with Crippen LogP contribution in [0.3, 0.4) is 0 Å². The van der Waals surface area contributed by atoms with Crippen molar-refractivity contribution < 1.29 is 9.84 Å². The van der Waals surface area contributed by atoms with E-state index >= 15 is 0 Å². The van der Waals surface area contributed by atoms with Gasteiger partial charge in [-0.25, -0.2) is 0 Å². The molecule has 1 rings (SSSR count). The van der Waals surface area contributed by atoms with E-state index < -0.39 is 6.10 Å². The summed E-state index contributed by atoms with van der Waals surface area (Å²) in [7, 11) is 1.63. The number of ether oxygens (including phenoxy) is 1. The fraction of sp³-hybridized carbons (Fsp3) is 0.455. The number of azo groups is 1. The first-order valence-corrected chi connectivity index (χ1v) is 4.97. The summed E-state index contributed by atoms with van der Waals surface area (Å²) in [5, 5.41) is 16.8. The molecule has 0 amide bonds. The third kappa shape index (κ3) is 4.08. The average molecular weight is 208 g/mol. The maximum Gasteiger partial charge on any atom is 0.119 e. The van der Waals surface area contributed by atoms with Gasteiger partial charge < -0.3 is 9.84 Å². The summed E-state index contributed by atoms with van der Waals surface area (Å²) in [6.45, 7) is 2.24. The lowest BCUT2D eigenvalue weighted by Gasteiger charge is -2.09. The molecule has 0 fully saturated rings. The van der Waals surface area contributed by atoms with Crippen molar-refractivity contribution in [2.24, 2.45) is 10.2 Å². The van der Waals surface area contributed by atoms with Gasteiger partial charge in [-0.2, -0.15) is 10.2 Å². The third-order valence-corrected chi connectivity index (χ3v) is 1.97. The molecule has 0 saturated carbocycles. The Morgan fingerprint density at radius 1 is 1.33 bits per heavy atom. The molecule has 0 heterocycles. The molecule has 4 heteroatoms. The summed E-state index contributed by atoms with van der Waals surface area (Å²) in [6, 6.07) is 7.26. The van der Waals surface area contributed by atoms with Crippen molar-refractivity contribution >= 4 is 5.69 Å². The summed E-state index contributed by atoms with van der Waals surface area (Å²) < 4.78 is 5.37. The lowest BCUT2D eigenvalue weighted by atomic mass is 10.3. The van der Waals surface area contributed by atoms with E-state index in [1.54, 1.807) is 7.05 Å². The summed E-state index contributed by atoms with van der Waals surface area (Å²) in [6.07, 6.45) is 0.294. The molecule has 82 valence electrons. The van der Waals surface area contributed by atoms with Crippen molar-refractivity contribution in [3.05, 3.63) is 24.3 Å². The highest BCUT2D eigenvalue weighted by molar-refractivity contribution is 5.40. The zero-order valence-electron chi connectivity index (χ0n) is 9.05. The Bertz CT molecular complexity index is 309. The predicted molar refractivity (Wildman–Crippen MR) is 58.7 cm³/mol. The second-order valence-electron chi connectivity index (χ2n) is 3.17. The van der Waals surface area contributed by atoms with Gasteiger partial charge in [0.15, 0.2) is 0 Å². The number of aliphatic hydroxyl groups excluding tert-OH is 1. The Labute approximate surface area is 89.6 Å². The van der Waals surface area contributed by atoms with Gasteiger partial charge in [0.25, 0.3) is 0 Å². The lowest BCUT2D eigenvalue weighted by Crippen LogP contribution is -2.15. The van der Waals surface area contributed by atoms with Crippen LogP contribution in [0.5, 0.6) is 5.75 Å². The Hall–Kier alpha value is -1.42. The lowest BCUT2D eigenvalue weighted by molar-refractivity contribution is 0.104. The molecule has 0 aromatic heterocycles. The Morgan fingerprint density at radius 2 is 2.00 bits per heavy atom. The van der Waals surface area contributed by atoms with E-state index in [-0.39, 0.29) is 0 Å². The van der Waals surface area contributed by atoms with Gasteiger partial charge in [0.1, 0.15) is 12.4 Å². The smallest absolute Gasteiger partial charge is 0.119 e. The van der Waals surface area contributed by atoms with Gasteiger partial charge in [0, 0.05) is 7.05 Å². The SMILES string of the molecule is CCC(O)COc1ccc(N=NC)cc1. The largest absolute Gasteiger partial charge is 0.491 e. The van der Waals surface area contributed by atoms with Crippen LogP contribution in [0.15, 0.2) is 34.5 Å². The molecule has 1 unspecified atom stereocenters. The molecule has 0 radical (unpaired) electrons. The molecule has 1 aromatic carbocycles. The van der Waals surface area contributed by atoms with Crippen molar-refractivity contribution in [1.29, 1.82) is 0 Å². The maximum atomic E-state index is 9.30. The van der Waals surface area contributed by atoms with Crippen molar-refractivity contribution in [2.75, 3.05) is 13.7 Å². The van der Waals surface area contributed by atoms with Crippen LogP contribution in [0.25, 0.3) is 0 Å². The summed E-state index contributed by atoms with van der Waals surface area (Å²) >= 11 is 0. The van der Waals surface area contributed by atoms with E-state index in [2.05, 4.69) is 10.2 Å². The molecule has 0 spiro atoms. The highest BCUT2D eigenvalue weighted by Gasteiger charge is 2.01. The molecular formula is C11H16N2O2. The Balaban J connectivity index is 2.49. The van der Waals surface area contributed by atoms with Gasteiger partial charge in [-0.05, 0) is 30.7 Å². The zero-order valence-corrected chi connectivity index (χ0v) is 9.05. The number of rotatable bonds is 5. The number of benzene rings is 1. The van der Waals surface area contributed by atoms with Gasteiger partial charge >= 0.3 is 0 Å². The third-order valence-electron chi connectivity index (χ3n) is 1.97. The number of hydrogen-bond donors (Lipinski definition) is 1.